The molecular weight excluding hydrogens is 238 g/mol. The van der Waals surface area contributed by atoms with Gasteiger partial charge in [0.05, 0.1) is 17.0 Å². The van der Waals surface area contributed by atoms with Gasteiger partial charge in [-0.15, -0.1) is 0 Å². The average Bonchev–Trinajstić information content (AvgIpc) is 2.20. The zero-order valence-corrected chi connectivity index (χ0v) is 11.9. The lowest BCUT2D eigenvalue weighted by atomic mass is 9.81. The van der Waals surface area contributed by atoms with Gasteiger partial charge in [0.1, 0.15) is 9.84 Å². The number of sulfone groups is 1. The molecule has 1 aliphatic rings. The standard InChI is InChI=1S/C12H23NO3S/c1-9(2)11(14)12(13-10(3)4)5-7-17(15,16)8-6-12/h9-10,13H,5-8H2,1-4H3. The molecule has 0 atom stereocenters. The van der Waals surface area contributed by atoms with Gasteiger partial charge >= 0.3 is 0 Å². The van der Waals surface area contributed by atoms with Crippen LogP contribution in [-0.4, -0.2) is 37.3 Å². The molecule has 5 heteroatoms. The molecule has 0 saturated carbocycles. The molecule has 0 bridgehead atoms. The first-order valence-electron chi connectivity index (χ1n) is 6.21. The highest BCUT2D eigenvalue weighted by atomic mass is 32.2. The predicted molar refractivity (Wildman–Crippen MR) is 68.7 cm³/mol. The van der Waals surface area contributed by atoms with Crippen molar-refractivity contribution in [3.63, 3.8) is 0 Å². The number of rotatable bonds is 4. The summed E-state index contributed by atoms with van der Waals surface area (Å²) in [7, 11) is -2.94. The van der Waals surface area contributed by atoms with Crippen molar-refractivity contribution in [2.24, 2.45) is 5.92 Å². The minimum Gasteiger partial charge on any atom is -0.303 e. The number of hydrogen-bond acceptors (Lipinski definition) is 4. The van der Waals surface area contributed by atoms with Crippen molar-refractivity contribution < 1.29 is 13.2 Å². The highest BCUT2D eigenvalue weighted by Gasteiger charge is 2.43. The number of hydrogen-bond donors (Lipinski definition) is 1. The second-order valence-electron chi connectivity index (χ2n) is 5.55. The Morgan fingerprint density at radius 2 is 1.59 bits per heavy atom. The first-order valence-corrected chi connectivity index (χ1v) is 8.03. The molecule has 0 aromatic rings. The van der Waals surface area contributed by atoms with Crippen LogP contribution in [0.5, 0.6) is 0 Å². The van der Waals surface area contributed by atoms with E-state index in [2.05, 4.69) is 5.32 Å². The summed E-state index contributed by atoms with van der Waals surface area (Å²) in [6.45, 7) is 7.71. The van der Waals surface area contributed by atoms with E-state index in [0.717, 1.165) is 0 Å². The van der Waals surface area contributed by atoms with Crippen LogP contribution in [0.1, 0.15) is 40.5 Å². The molecule has 0 aromatic carbocycles. The summed E-state index contributed by atoms with van der Waals surface area (Å²) < 4.78 is 23.0. The molecule has 4 nitrogen and oxygen atoms in total. The fourth-order valence-electron chi connectivity index (χ4n) is 2.45. The van der Waals surface area contributed by atoms with Gasteiger partial charge in [-0.2, -0.15) is 0 Å². The maximum atomic E-state index is 12.3. The van der Waals surface area contributed by atoms with Crippen molar-refractivity contribution in [2.75, 3.05) is 11.5 Å². The molecule has 1 saturated heterocycles. The minimum absolute atomic E-state index is 0.0675. The summed E-state index contributed by atoms with van der Waals surface area (Å²) in [4.78, 5) is 12.3. The monoisotopic (exact) mass is 261 g/mol. The number of carbonyl (C=O) groups is 1. The molecule has 1 fully saturated rings. The summed E-state index contributed by atoms with van der Waals surface area (Å²) in [6.07, 6.45) is 0.815. The average molecular weight is 261 g/mol. The molecule has 0 aliphatic carbocycles. The van der Waals surface area contributed by atoms with E-state index < -0.39 is 15.4 Å². The van der Waals surface area contributed by atoms with Crippen LogP contribution in [0.4, 0.5) is 0 Å². The van der Waals surface area contributed by atoms with Gasteiger partial charge in [-0.1, -0.05) is 13.8 Å². The van der Waals surface area contributed by atoms with Gasteiger partial charge in [0.25, 0.3) is 0 Å². The van der Waals surface area contributed by atoms with Crippen LogP contribution in [0.3, 0.4) is 0 Å². The lowest BCUT2D eigenvalue weighted by Gasteiger charge is -2.39. The smallest absolute Gasteiger partial charge is 0.155 e. The van der Waals surface area contributed by atoms with Crippen LogP contribution in [0.15, 0.2) is 0 Å². The second kappa shape index (κ2) is 5.06. The molecule has 1 aliphatic heterocycles. The van der Waals surface area contributed by atoms with E-state index in [1.807, 2.05) is 27.7 Å². The first kappa shape index (κ1) is 14.6. The van der Waals surface area contributed by atoms with Gasteiger partial charge in [0, 0.05) is 12.0 Å². The van der Waals surface area contributed by atoms with Crippen LogP contribution >= 0.6 is 0 Å². The fraction of sp³-hybridized carbons (Fsp3) is 0.917. The van der Waals surface area contributed by atoms with E-state index in [9.17, 15) is 13.2 Å². The summed E-state index contributed by atoms with van der Waals surface area (Å²) in [5, 5.41) is 3.30. The molecule has 1 N–H and O–H groups in total. The van der Waals surface area contributed by atoms with Crippen molar-refractivity contribution in [3.05, 3.63) is 0 Å². The fourth-order valence-corrected chi connectivity index (χ4v) is 3.98. The topological polar surface area (TPSA) is 63.2 Å². The Balaban J connectivity index is 2.93. The molecule has 0 amide bonds. The highest BCUT2D eigenvalue weighted by Crippen LogP contribution is 2.28. The minimum atomic E-state index is -2.94. The zero-order valence-electron chi connectivity index (χ0n) is 11.1. The van der Waals surface area contributed by atoms with Gasteiger partial charge in [0.15, 0.2) is 5.78 Å². The maximum Gasteiger partial charge on any atom is 0.155 e. The first-order chi connectivity index (χ1) is 7.68. The van der Waals surface area contributed by atoms with E-state index in [4.69, 9.17) is 0 Å². The van der Waals surface area contributed by atoms with Gasteiger partial charge in [-0.05, 0) is 26.7 Å². The number of Topliss-reactive ketones (excluding diaryl/α,β-unsaturated/α-hetero) is 1. The number of nitrogens with one attached hydrogen (secondary N) is 1. The van der Waals surface area contributed by atoms with Gasteiger partial charge < -0.3 is 5.32 Å². The van der Waals surface area contributed by atoms with Crippen molar-refractivity contribution in [1.29, 1.82) is 0 Å². The zero-order chi connectivity index (χ0) is 13.3. The SMILES string of the molecule is CC(C)NC1(C(=O)C(C)C)CCS(=O)(=O)CC1. The van der Waals surface area contributed by atoms with Crippen molar-refractivity contribution in [3.8, 4) is 0 Å². The summed E-state index contributed by atoms with van der Waals surface area (Å²) in [5.41, 5.74) is -0.631. The Labute approximate surface area is 104 Å². The van der Waals surface area contributed by atoms with Crippen molar-refractivity contribution in [2.45, 2.75) is 52.1 Å². The normalized spacial score (nSPS) is 22.9. The van der Waals surface area contributed by atoms with E-state index in [1.54, 1.807) is 0 Å². The summed E-state index contributed by atoms with van der Waals surface area (Å²) in [6, 6.07) is 0.179. The van der Waals surface area contributed by atoms with Crippen LogP contribution in [0, 0.1) is 5.92 Å². The van der Waals surface area contributed by atoms with Crippen LogP contribution in [-0.2, 0) is 14.6 Å². The third kappa shape index (κ3) is 3.52. The van der Waals surface area contributed by atoms with Crippen LogP contribution in [0.25, 0.3) is 0 Å². The second-order valence-corrected chi connectivity index (χ2v) is 7.86. The number of carbonyl (C=O) groups excluding carboxylic acids is 1. The lowest BCUT2D eigenvalue weighted by molar-refractivity contribution is -0.129. The Morgan fingerprint density at radius 1 is 1.12 bits per heavy atom. The molecule has 0 spiro atoms. The molecular formula is C12H23NO3S. The molecule has 100 valence electrons. The quantitative estimate of drug-likeness (QED) is 0.825. The Morgan fingerprint density at radius 3 is 1.94 bits per heavy atom. The molecule has 0 unspecified atom stereocenters. The molecule has 1 heterocycles. The molecule has 0 aromatic heterocycles. The third-order valence-corrected chi connectivity index (χ3v) is 4.89. The van der Waals surface area contributed by atoms with E-state index in [1.165, 1.54) is 0 Å². The lowest BCUT2D eigenvalue weighted by Crippen LogP contribution is -2.59. The van der Waals surface area contributed by atoms with Crippen molar-refractivity contribution >= 4 is 15.6 Å². The molecule has 1 rings (SSSR count). The van der Waals surface area contributed by atoms with Crippen LogP contribution < -0.4 is 5.32 Å². The van der Waals surface area contributed by atoms with Gasteiger partial charge in [-0.3, -0.25) is 4.79 Å². The summed E-state index contributed by atoms with van der Waals surface area (Å²) in [5.74, 6) is 0.305. The Hall–Kier alpha value is -0.420. The van der Waals surface area contributed by atoms with E-state index in [-0.39, 0.29) is 29.2 Å². The molecule has 0 radical (unpaired) electrons. The highest BCUT2D eigenvalue weighted by molar-refractivity contribution is 7.91. The van der Waals surface area contributed by atoms with Gasteiger partial charge in [-0.25, -0.2) is 8.42 Å². The predicted octanol–water partition coefficient (Wildman–Crippen LogP) is 1.16. The number of ketones is 1. The van der Waals surface area contributed by atoms with Gasteiger partial charge in [0.2, 0.25) is 0 Å². The maximum absolute atomic E-state index is 12.3. The largest absolute Gasteiger partial charge is 0.303 e. The third-order valence-electron chi connectivity index (χ3n) is 3.24. The Kier molecular flexibility index (Phi) is 4.36. The van der Waals surface area contributed by atoms with Crippen molar-refractivity contribution in [1.82, 2.24) is 5.32 Å². The molecule has 17 heavy (non-hydrogen) atoms. The van der Waals surface area contributed by atoms with Crippen LogP contribution in [0.2, 0.25) is 0 Å². The van der Waals surface area contributed by atoms with E-state index >= 15 is 0 Å². The summed E-state index contributed by atoms with van der Waals surface area (Å²) >= 11 is 0. The Bertz CT molecular complexity index is 371. The van der Waals surface area contributed by atoms with E-state index in [0.29, 0.717) is 12.8 Å².